The van der Waals surface area contributed by atoms with Crippen LogP contribution in [-0.4, -0.2) is 25.7 Å². The highest BCUT2D eigenvalue weighted by Crippen LogP contribution is 2.10. The van der Waals surface area contributed by atoms with Gasteiger partial charge in [-0.2, -0.15) is 0 Å². The molecule has 76 valence electrons. The van der Waals surface area contributed by atoms with Gasteiger partial charge >= 0.3 is 0 Å². The molecule has 0 atom stereocenters. The van der Waals surface area contributed by atoms with E-state index in [0.29, 0.717) is 0 Å². The van der Waals surface area contributed by atoms with Gasteiger partial charge in [0.05, 0.1) is 11.8 Å². The maximum atomic E-state index is 13.1. The molecule has 6 nitrogen and oxygen atoms in total. The number of hydrogen-bond donors (Lipinski definition) is 1. The second kappa shape index (κ2) is 4.05. The van der Waals surface area contributed by atoms with Crippen molar-refractivity contribution >= 4 is 22.6 Å². The highest BCUT2D eigenvalue weighted by molar-refractivity contribution is 7.09. The second-order valence-electron chi connectivity index (χ2n) is 2.48. The zero-order chi connectivity index (χ0) is 10.7. The highest BCUT2D eigenvalue weighted by Gasteiger charge is 2.12. The second-order valence-corrected chi connectivity index (χ2v) is 3.21. The van der Waals surface area contributed by atoms with Gasteiger partial charge in [-0.1, -0.05) is 9.59 Å². The number of aromatic nitrogens is 4. The minimum Gasteiger partial charge on any atom is -0.295 e. The molecule has 0 aliphatic heterocycles. The van der Waals surface area contributed by atoms with E-state index in [0.717, 1.165) is 17.7 Å². The minimum atomic E-state index is -0.688. The number of nitrogens with one attached hydrogen (secondary N) is 1. The third-order valence-corrected chi connectivity index (χ3v) is 2.05. The van der Waals surface area contributed by atoms with E-state index in [-0.39, 0.29) is 10.7 Å². The molecule has 1 N–H and O–H groups in total. The van der Waals surface area contributed by atoms with Crippen LogP contribution in [-0.2, 0) is 0 Å². The molecule has 2 aromatic heterocycles. The van der Waals surface area contributed by atoms with Gasteiger partial charge in [-0.3, -0.25) is 15.1 Å². The van der Waals surface area contributed by atoms with Crippen molar-refractivity contribution < 1.29 is 9.18 Å². The predicted octanol–water partition coefficient (Wildman–Crippen LogP) is 0.719. The van der Waals surface area contributed by atoms with Crippen LogP contribution in [0.4, 0.5) is 9.52 Å². The Morgan fingerprint density at radius 1 is 1.53 bits per heavy atom. The Morgan fingerprint density at radius 3 is 3.07 bits per heavy atom. The van der Waals surface area contributed by atoms with E-state index in [1.165, 1.54) is 12.3 Å². The summed E-state index contributed by atoms with van der Waals surface area (Å²) >= 11 is 0.910. The lowest BCUT2D eigenvalue weighted by Gasteiger charge is -2.00. The molecule has 0 aliphatic rings. The van der Waals surface area contributed by atoms with Crippen LogP contribution in [0.5, 0.6) is 0 Å². The molecule has 2 rings (SSSR count). The van der Waals surface area contributed by atoms with Crippen molar-refractivity contribution in [1.29, 1.82) is 0 Å². The van der Waals surface area contributed by atoms with E-state index in [1.807, 2.05) is 0 Å². The highest BCUT2D eigenvalue weighted by atomic mass is 32.1. The van der Waals surface area contributed by atoms with Crippen LogP contribution in [0.15, 0.2) is 18.5 Å². The first-order chi connectivity index (χ1) is 7.27. The molecule has 15 heavy (non-hydrogen) atoms. The van der Waals surface area contributed by atoms with Crippen LogP contribution in [0.3, 0.4) is 0 Å². The van der Waals surface area contributed by atoms with E-state index in [4.69, 9.17) is 0 Å². The summed E-state index contributed by atoms with van der Waals surface area (Å²) in [6.45, 7) is 0. The monoisotopic (exact) mass is 225 g/mol. The normalized spacial score (nSPS) is 9.93. The Kier molecular flexibility index (Phi) is 2.59. The van der Waals surface area contributed by atoms with Crippen LogP contribution in [0.25, 0.3) is 0 Å². The number of nitrogens with zero attached hydrogens (tertiary/aromatic N) is 4. The average Bonchev–Trinajstić information content (AvgIpc) is 2.71. The number of carbonyl (C=O) groups is 1. The summed E-state index contributed by atoms with van der Waals surface area (Å²) in [5, 5.41) is 9.36. The molecule has 0 spiro atoms. The molecule has 0 saturated heterocycles. The maximum Gasteiger partial charge on any atom is 0.260 e. The first-order valence-corrected chi connectivity index (χ1v) is 4.60. The van der Waals surface area contributed by atoms with Gasteiger partial charge in [0.25, 0.3) is 5.91 Å². The lowest BCUT2D eigenvalue weighted by Crippen LogP contribution is -2.13. The molecule has 0 radical (unpaired) electrons. The van der Waals surface area contributed by atoms with Gasteiger partial charge in [-0.15, -0.1) is 0 Å². The fourth-order valence-electron chi connectivity index (χ4n) is 0.906. The summed E-state index contributed by atoms with van der Waals surface area (Å²) in [6, 6.07) is 1.28. The molecule has 0 aromatic carbocycles. The largest absolute Gasteiger partial charge is 0.295 e. The molecule has 1 amide bonds. The maximum absolute atomic E-state index is 13.1. The van der Waals surface area contributed by atoms with E-state index in [2.05, 4.69) is 25.1 Å². The van der Waals surface area contributed by atoms with E-state index < -0.39 is 11.7 Å². The molecule has 0 bridgehead atoms. The first-order valence-electron chi connectivity index (χ1n) is 3.83. The fourth-order valence-corrected chi connectivity index (χ4v) is 1.27. The standard InChI is InChI=1S/C7H4FN5OS/c8-5-3-9-2-1-4(5)6(14)10-7-11-12-13-15-7/h1-3H,(H,10,11,13,14). The van der Waals surface area contributed by atoms with Crippen molar-refractivity contribution in [3.63, 3.8) is 0 Å². The Bertz CT molecular complexity index is 474. The molecular weight excluding hydrogens is 221 g/mol. The molecule has 0 fully saturated rings. The number of carbonyl (C=O) groups excluding carboxylic acids is 1. The quantitative estimate of drug-likeness (QED) is 0.814. The third kappa shape index (κ3) is 2.10. The van der Waals surface area contributed by atoms with Crippen molar-refractivity contribution in [1.82, 2.24) is 19.8 Å². The van der Waals surface area contributed by atoms with Crippen molar-refractivity contribution in [2.75, 3.05) is 5.32 Å². The van der Waals surface area contributed by atoms with Crippen molar-refractivity contribution in [3.05, 3.63) is 29.8 Å². The third-order valence-electron chi connectivity index (χ3n) is 1.54. The topological polar surface area (TPSA) is 80.7 Å². The number of amides is 1. The number of hydrogen-bond acceptors (Lipinski definition) is 6. The van der Waals surface area contributed by atoms with Gasteiger partial charge in [0.1, 0.15) is 0 Å². The molecular formula is C7H4FN5OS. The van der Waals surface area contributed by atoms with Gasteiger partial charge in [0, 0.05) is 17.7 Å². The lowest BCUT2D eigenvalue weighted by atomic mass is 10.2. The molecule has 2 heterocycles. The summed E-state index contributed by atoms with van der Waals surface area (Å²) in [5.41, 5.74) is -0.0970. The summed E-state index contributed by atoms with van der Waals surface area (Å²) < 4.78 is 16.5. The number of pyridine rings is 1. The van der Waals surface area contributed by atoms with Crippen molar-refractivity contribution in [3.8, 4) is 0 Å². The van der Waals surface area contributed by atoms with Crippen LogP contribution in [0.1, 0.15) is 10.4 Å². The van der Waals surface area contributed by atoms with E-state index >= 15 is 0 Å². The Balaban J connectivity index is 2.19. The fraction of sp³-hybridized carbons (Fsp3) is 0. The van der Waals surface area contributed by atoms with Crippen molar-refractivity contribution in [2.45, 2.75) is 0 Å². The van der Waals surface area contributed by atoms with Gasteiger partial charge < -0.3 is 0 Å². The van der Waals surface area contributed by atoms with Crippen LogP contribution in [0, 0.1) is 5.82 Å². The molecule has 8 heteroatoms. The van der Waals surface area contributed by atoms with Crippen LogP contribution < -0.4 is 5.32 Å². The average molecular weight is 225 g/mol. The van der Waals surface area contributed by atoms with E-state index in [1.54, 1.807) is 0 Å². The van der Waals surface area contributed by atoms with Gasteiger partial charge in [-0.05, 0) is 11.3 Å². The molecule has 2 aromatic rings. The van der Waals surface area contributed by atoms with Crippen LogP contribution in [0.2, 0.25) is 0 Å². The van der Waals surface area contributed by atoms with Gasteiger partial charge in [-0.25, -0.2) is 4.39 Å². The molecule has 0 unspecified atom stereocenters. The lowest BCUT2D eigenvalue weighted by molar-refractivity contribution is 0.102. The summed E-state index contributed by atoms with van der Waals surface area (Å²) in [5.74, 6) is -1.29. The Labute approximate surface area is 87.3 Å². The molecule has 0 saturated carbocycles. The number of rotatable bonds is 2. The predicted molar refractivity (Wildman–Crippen MR) is 49.9 cm³/mol. The summed E-state index contributed by atoms with van der Waals surface area (Å²) in [4.78, 5) is 15.0. The Morgan fingerprint density at radius 2 is 2.40 bits per heavy atom. The van der Waals surface area contributed by atoms with E-state index in [9.17, 15) is 9.18 Å². The smallest absolute Gasteiger partial charge is 0.260 e. The van der Waals surface area contributed by atoms with Gasteiger partial charge in [0.15, 0.2) is 5.82 Å². The Hall–Kier alpha value is -1.96. The summed E-state index contributed by atoms with van der Waals surface area (Å²) in [6.07, 6.45) is 2.30. The zero-order valence-corrected chi connectivity index (χ0v) is 8.03. The SMILES string of the molecule is O=C(Nc1nnns1)c1ccncc1F. The number of halogens is 1. The van der Waals surface area contributed by atoms with Crippen molar-refractivity contribution in [2.24, 2.45) is 0 Å². The zero-order valence-electron chi connectivity index (χ0n) is 7.22. The van der Waals surface area contributed by atoms with Gasteiger partial charge in [0.2, 0.25) is 5.13 Å². The van der Waals surface area contributed by atoms with Crippen LogP contribution >= 0.6 is 11.5 Å². The minimum absolute atomic E-state index is 0.0970. The first kappa shape index (κ1) is 9.59. The summed E-state index contributed by atoms with van der Waals surface area (Å²) in [7, 11) is 0. The number of anilines is 1. The molecule has 0 aliphatic carbocycles.